The fraction of sp³-hybridized carbons (Fsp3) is 0.818. The van der Waals surface area contributed by atoms with E-state index in [1.54, 1.807) is 0 Å². The number of hydrogen-bond donors (Lipinski definition) is 0. The van der Waals surface area contributed by atoms with Gasteiger partial charge in [-0.05, 0) is 30.8 Å². The first-order chi connectivity index (χ1) is 11.9. The Morgan fingerprint density at radius 3 is 2.00 bits per heavy atom. The lowest BCUT2D eigenvalue weighted by Crippen LogP contribution is -2.12. The predicted octanol–water partition coefficient (Wildman–Crippen LogP) is 6.27. The molecular weight excluding hydrogens is 310 g/mol. The van der Waals surface area contributed by atoms with E-state index in [1.165, 1.54) is 77.7 Å². The van der Waals surface area contributed by atoms with Gasteiger partial charge < -0.3 is 4.74 Å². The molecule has 0 saturated heterocycles. The number of aliphatic imine (C=N–C) groups is 1. The lowest BCUT2D eigenvalue weighted by molar-refractivity contribution is -0.139. The third-order valence-corrected chi connectivity index (χ3v) is 4.75. The zero-order chi connectivity index (χ0) is 18.5. The molecule has 0 aromatic heterocycles. The first-order valence-electron chi connectivity index (χ1n) is 10.3. The SMILES string of the molecule is COC(=O)[C@@H]1N=C1/C=C\CCCCCCCCCCCCC(C)(C)C. The van der Waals surface area contributed by atoms with E-state index < -0.39 is 0 Å². The van der Waals surface area contributed by atoms with Crippen LogP contribution in [0.15, 0.2) is 17.1 Å². The van der Waals surface area contributed by atoms with Crippen LogP contribution in [0.4, 0.5) is 0 Å². The number of hydrogen-bond acceptors (Lipinski definition) is 3. The second kappa shape index (κ2) is 12.3. The molecule has 0 fully saturated rings. The van der Waals surface area contributed by atoms with Crippen LogP contribution in [0.25, 0.3) is 0 Å². The fourth-order valence-corrected chi connectivity index (χ4v) is 3.07. The van der Waals surface area contributed by atoms with Gasteiger partial charge in [0.1, 0.15) is 0 Å². The Labute approximate surface area is 155 Å². The number of rotatable bonds is 14. The zero-order valence-electron chi connectivity index (χ0n) is 17.0. The molecule has 0 amide bonds. The van der Waals surface area contributed by atoms with E-state index in [-0.39, 0.29) is 12.0 Å². The molecule has 144 valence electrons. The van der Waals surface area contributed by atoms with Crippen molar-refractivity contribution in [3.8, 4) is 0 Å². The van der Waals surface area contributed by atoms with Crippen molar-refractivity contribution in [1.29, 1.82) is 0 Å². The van der Waals surface area contributed by atoms with Gasteiger partial charge in [-0.3, -0.25) is 4.99 Å². The summed E-state index contributed by atoms with van der Waals surface area (Å²) < 4.78 is 4.65. The predicted molar refractivity (Wildman–Crippen MR) is 107 cm³/mol. The van der Waals surface area contributed by atoms with Gasteiger partial charge in [-0.2, -0.15) is 0 Å². The minimum absolute atomic E-state index is 0.242. The van der Waals surface area contributed by atoms with Crippen molar-refractivity contribution in [3.63, 3.8) is 0 Å². The van der Waals surface area contributed by atoms with Gasteiger partial charge in [0, 0.05) is 0 Å². The van der Waals surface area contributed by atoms with E-state index in [0.29, 0.717) is 5.41 Å². The van der Waals surface area contributed by atoms with Crippen molar-refractivity contribution in [2.75, 3.05) is 7.11 Å². The monoisotopic (exact) mass is 349 g/mol. The van der Waals surface area contributed by atoms with Crippen LogP contribution in [0.5, 0.6) is 0 Å². The van der Waals surface area contributed by atoms with Gasteiger partial charge in [0.05, 0.1) is 12.8 Å². The molecule has 1 rings (SSSR count). The third kappa shape index (κ3) is 12.0. The summed E-state index contributed by atoms with van der Waals surface area (Å²) in [6.45, 7) is 7.01. The van der Waals surface area contributed by atoms with Crippen LogP contribution in [0, 0.1) is 5.41 Å². The quantitative estimate of drug-likeness (QED) is 0.274. The molecule has 0 unspecified atom stereocenters. The second-order valence-corrected chi connectivity index (χ2v) is 8.52. The molecule has 0 aliphatic carbocycles. The number of ether oxygens (including phenoxy) is 1. The maximum atomic E-state index is 11.2. The molecule has 1 aliphatic heterocycles. The summed E-state index contributed by atoms with van der Waals surface area (Å²) in [5, 5.41) is 0. The van der Waals surface area contributed by atoms with Crippen LogP contribution in [0.1, 0.15) is 97.8 Å². The highest BCUT2D eigenvalue weighted by molar-refractivity contribution is 6.21. The van der Waals surface area contributed by atoms with E-state index in [1.807, 2.05) is 6.08 Å². The van der Waals surface area contributed by atoms with Crippen LogP contribution >= 0.6 is 0 Å². The largest absolute Gasteiger partial charge is 0.467 e. The number of carbonyl (C=O) groups is 1. The maximum Gasteiger partial charge on any atom is 0.336 e. The second-order valence-electron chi connectivity index (χ2n) is 8.52. The Bertz CT molecular complexity index is 432. The molecular formula is C22H39NO2. The van der Waals surface area contributed by atoms with Crippen molar-refractivity contribution in [3.05, 3.63) is 12.2 Å². The molecule has 1 atom stereocenters. The van der Waals surface area contributed by atoms with E-state index >= 15 is 0 Å². The number of nitrogens with zero attached hydrogens (tertiary/aromatic N) is 1. The van der Waals surface area contributed by atoms with Gasteiger partial charge >= 0.3 is 5.97 Å². The highest BCUT2D eigenvalue weighted by Crippen LogP contribution is 2.22. The number of esters is 1. The molecule has 0 saturated carbocycles. The average Bonchev–Trinajstić information content (AvgIpc) is 3.33. The van der Waals surface area contributed by atoms with Crippen LogP contribution in [-0.4, -0.2) is 24.8 Å². The number of unbranched alkanes of at least 4 members (excludes halogenated alkanes) is 10. The Morgan fingerprint density at radius 1 is 0.960 bits per heavy atom. The van der Waals surface area contributed by atoms with Crippen molar-refractivity contribution >= 4 is 11.7 Å². The first kappa shape index (κ1) is 21.9. The highest BCUT2D eigenvalue weighted by Gasteiger charge is 2.33. The first-order valence-corrected chi connectivity index (χ1v) is 10.3. The summed E-state index contributed by atoms with van der Waals surface area (Å²) in [4.78, 5) is 15.3. The summed E-state index contributed by atoms with van der Waals surface area (Å²) in [6.07, 6.45) is 20.3. The summed E-state index contributed by atoms with van der Waals surface area (Å²) >= 11 is 0. The molecule has 1 aliphatic rings. The molecule has 0 aromatic carbocycles. The molecule has 0 spiro atoms. The van der Waals surface area contributed by atoms with Gasteiger partial charge in [-0.25, -0.2) is 4.79 Å². The number of carbonyl (C=O) groups excluding carboxylic acids is 1. The Kier molecular flexibility index (Phi) is 10.8. The van der Waals surface area contributed by atoms with Gasteiger partial charge in [0.25, 0.3) is 0 Å². The Hall–Kier alpha value is -1.12. The van der Waals surface area contributed by atoms with E-state index in [4.69, 9.17) is 0 Å². The van der Waals surface area contributed by atoms with E-state index in [0.717, 1.165) is 12.1 Å². The van der Waals surface area contributed by atoms with Gasteiger partial charge in [-0.15, -0.1) is 0 Å². The lowest BCUT2D eigenvalue weighted by atomic mass is 9.89. The van der Waals surface area contributed by atoms with Crippen LogP contribution in [-0.2, 0) is 9.53 Å². The van der Waals surface area contributed by atoms with Crippen LogP contribution < -0.4 is 0 Å². The molecule has 0 bridgehead atoms. The summed E-state index contributed by atoms with van der Waals surface area (Å²) in [6, 6.07) is -0.310. The summed E-state index contributed by atoms with van der Waals surface area (Å²) in [7, 11) is 1.41. The minimum atomic E-state index is -0.310. The number of allylic oxidation sites excluding steroid dienone is 1. The summed E-state index contributed by atoms with van der Waals surface area (Å²) in [5.74, 6) is -0.242. The van der Waals surface area contributed by atoms with Gasteiger partial charge in [0.2, 0.25) is 0 Å². The standard InChI is InChI=1S/C22H39NO2/c1-22(2,3)18-16-14-12-10-8-6-5-7-9-11-13-15-17-19-20(23-19)21(24)25-4/h15,17,20H,5-14,16,18H2,1-4H3/b17-15-/t20-/m1/s1. The van der Waals surface area contributed by atoms with Gasteiger partial charge in [0.15, 0.2) is 6.04 Å². The van der Waals surface area contributed by atoms with Crippen molar-refractivity contribution in [1.82, 2.24) is 0 Å². The van der Waals surface area contributed by atoms with Crippen molar-refractivity contribution < 1.29 is 9.53 Å². The van der Waals surface area contributed by atoms with Crippen molar-refractivity contribution in [2.24, 2.45) is 10.4 Å². The maximum absolute atomic E-state index is 11.2. The Balaban J connectivity index is 1.78. The molecule has 25 heavy (non-hydrogen) atoms. The van der Waals surface area contributed by atoms with E-state index in [9.17, 15) is 4.79 Å². The topological polar surface area (TPSA) is 38.7 Å². The fourth-order valence-electron chi connectivity index (χ4n) is 3.07. The molecule has 0 aromatic rings. The smallest absolute Gasteiger partial charge is 0.336 e. The van der Waals surface area contributed by atoms with E-state index in [2.05, 4.69) is 36.6 Å². The molecule has 3 nitrogen and oxygen atoms in total. The minimum Gasteiger partial charge on any atom is -0.467 e. The lowest BCUT2D eigenvalue weighted by Gasteiger charge is -2.17. The van der Waals surface area contributed by atoms with Crippen LogP contribution in [0.3, 0.4) is 0 Å². The average molecular weight is 350 g/mol. The molecule has 0 N–H and O–H groups in total. The van der Waals surface area contributed by atoms with Crippen molar-refractivity contribution in [2.45, 2.75) is 104 Å². The molecule has 1 heterocycles. The zero-order valence-corrected chi connectivity index (χ0v) is 17.0. The highest BCUT2D eigenvalue weighted by atomic mass is 16.5. The third-order valence-electron chi connectivity index (χ3n) is 4.75. The molecule has 3 heteroatoms. The summed E-state index contributed by atoms with van der Waals surface area (Å²) in [5.41, 5.74) is 1.37. The molecule has 0 radical (unpaired) electrons. The van der Waals surface area contributed by atoms with Crippen LogP contribution in [0.2, 0.25) is 0 Å². The number of methoxy groups -OCH3 is 1. The Morgan fingerprint density at radius 2 is 1.48 bits per heavy atom. The van der Waals surface area contributed by atoms with Gasteiger partial charge in [-0.1, -0.05) is 84.6 Å². The normalized spacial score (nSPS) is 17.0.